The molecule has 0 bridgehead atoms. The molecule has 3 heteroatoms. The van der Waals surface area contributed by atoms with Gasteiger partial charge in [0, 0.05) is 20.1 Å². The number of hydrogen-bond donors (Lipinski definition) is 1. The van der Waals surface area contributed by atoms with Crippen molar-refractivity contribution in [2.75, 3.05) is 27.2 Å². The number of likely N-dealkylation sites (N-methyl/N-ethyl adjacent to an activating group) is 2. The van der Waals surface area contributed by atoms with Gasteiger partial charge >= 0.3 is 0 Å². The van der Waals surface area contributed by atoms with Crippen LogP contribution in [0.3, 0.4) is 0 Å². The fourth-order valence-corrected chi connectivity index (χ4v) is 2.16. The summed E-state index contributed by atoms with van der Waals surface area (Å²) >= 11 is 0. The number of benzene rings is 2. The van der Waals surface area contributed by atoms with Crippen LogP contribution in [0.4, 0.5) is 0 Å². The Morgan fingerprint density at radius 1 is 1.00 bits per heavy atom. The molecule has 0 aliphatic carbocycles. The van der Waals surface area contributed by atoms with E-state index in [0.29, 0.717) is 6.42 Å². The van der Waals surface area contributed by atoms with Gasteiger partial charge in [-0.25, -0.2) is 0 Å². The van der Waals surface area contributed by atoms with Crippen molar-refractivity contribution in [2.24, 2.45) is 0 Å². The van der Waals surface area contributed by atoms with E-state index in [1.165, 1.54) is 11.1 Å². The van der Waals surface area contributed by atoms with Gasteiger partial charge < -0.3 is 10.2 Å². The molecule has 2 aromatic rings. The van der Waals surface area contributed by atoms with Crippen LogP contribution in [0.25, 0.3) is 11.1 Å². The second kappa shape index (κ2) is 7.60. The third-order valence-electron chi connectivity index (χ3n) is 3.54. The van der Waals surface area contributed by atoms with Crippen molar-refractivity contribution in [2.45, 2.75) is 6.42 Å². The lowest BCUT2D eigenvalue weighted by molar-refractivity contribution is -0.129. The van der Waals surface area contributed by atoms with E-state index in [-0.39, 0.29) is 5.91 Å². The van der Waals surface area contributed by atoms with Gasteiger partial charge in [0.25, 0.3) is 0 Å². The number of rotatable bonds is 6. The molecule has 0 aliphatic rings. The molecule has 110 valence electrons. The van der Waals surface area contributed by atoms with Crippen molar-refractivity contribution in [1.29, 1.82) is 0 Å². The molecule has 0 saturated heterocycles. The van der Waals surface area contributed by atoms with Crippen LogP contribution in [0.5, 0.6) is 0 Å². The van der Waals surface area contributed by atoms with E-state index < -0.39 is 0 Å². The molecule has 0 fully saturated rings. The van der Waals surface area contributed by atoms with Crippen LogP contribution in [0, 0.1) is 0 Å². The Labute approximate surface area is 126 Å². The van der Waals surface area contributed by atoms with Crippen molar-refractivity contribution in [3.05, 3.63) is 60.2 Å². The highest BCUT2D eigenvalue weighted by molar-refractivity contribution is 5.78. The Morgan fingerprint density at radius 2 is 1.62 bits per heavy atom. The smallest absolute Gasteiger partial charge is 0.226 e. The first kappa shape index (κ1) is 15.3. The molecule has 3 nitrogen and oxygen atoms in total. The van der Waals surface area contributed by atoms with Gasteiger partial charge in [-0.15, -0.1) is 0 Å². The molecule has 0 heterocycles. The summed E-state index contributed by atoms with van der Waals surface area (Å²) in [6.07, 6.45) is 0.454. The fourth-order valence-electron chi connectivity index (χ4n) is 2.16. The topological polar surface area (TPSA) is 32.3 Å². The van der Waals surface area contributed by atoms with Crippen LogP contribution in [0.15, 0.2) is 54.6 Å². The number of nitrogens with one attached hydrogen (secondary N) is 1. The van der Waals surface area contributed by atoms with Gasteiger partial charge in [-0.2, -0.15) is 0 Å². The quantitative estimate of drug-likeness (QED) is 0.883. The Morgan fingerprint density at radius 3 is 2.24 bits per heavy atom. The summed E-state index contributed by atoms with van der Waals surface area (Å²) in [5, 5.41) is 3.05. The molecule has 21 heavy (non-hydrogen) atoms. The Bertz CT molecular complexity index is 564. The van der Waals surface area contributed by atoms with Crippen LogP contribution in [-0.4, -0.2) is 38.0 Å². The molecule has 0 atom stereocenters. The molecule has 2 aromatic carbocycles. The summed E-state index contributed by atoms with van der Waals surface area (Å²) in [5.41, 5.74) is 3.42. The number of nitrogens with zero attached hydrogens (tertiary/aromatic N) is 1. The van der Waals surface area contributed by atoms with Crippen molar-refractivity contribution in [3.63, 3.8) is 0 Å². The van der Waals surface area contributed by atoms with Crippen LogP contribution >= 0.6 is 0 Å². The molecule has 0 radical (unpaired) electrons. The molecule has 1 amide bonds. The molecule has 2 rings (SSSR count). The first-order valence-electron chi connectivity index (χ1n) is 7.23. The minimum absolute atomic E-state index is 0.151. The molecular weight excluding hydrogens is 260 g/mol. The molecule has 0 saturated carbocycles. The Hall–Kier alpha value is -2.13. The van der Waals surface area contributed by atoms with Crippen LogP contribution in [-0.2, 0) is 11.2 Å². The van der Waals surface area contributed by atoms with E-state index in [9.17, 15) is 4.79 Å². The summed E-state index contributed by atoms with van der Waals surface area (Å²) < 4.78 is 0. The molecule has 0 aromatic heterocycles. The summed E-state index contributed by atoms with van der Waals surface area (Å²) in [4.78, 5) is 13.8. The lowest BCUT2D eigenvalue weighted by Gasteiger charge is -2.17. The third kappa shape index (κ3) is 4.43. The standard InChI is InChI=1S/C18H22N2O/c1-19-12-13-20(2)18(21)14-15-8-10-17(11-9-15)16-6-4-3-5-7-16/h3-11,19H,12-14H2,1-2H3. The first-order valence-corrected chi connectivity index (χ1v) is 7.23. The third-order valence-corrected chi connectivity index (χ3v) is 3.54. The highest BCUT2D eigenvalue weighted by Gasteiger charge is 2.09. The number of hydrogen-bond acceptors (Lipinski definition) is 2. The van der Waals surface area contributed by atoms with Crippen molar-refractivity contribution in [3.8, 4) is 11.1 Å². The normalized spacial score (nSPS) is 10.4. The van der Waals surface area contributed by atoms with Gasteiger partial charge in [0.05, 0.1) is 6.42 Å². The van der Waals surface area contributed by atoms with E-state index >= 15 is 0 Å². The van der Waals surface area contributed by atoms with E-state index in [1.807, 2.05) is 44.4 Å². The van der Waals surface area contributed by atoms with Gasteiger partial charge in [-0.1, -0.05) is 54.6 Å². The maximum Gasteiger partial charge on any atom is 0.226 e. The predicted molar refractivity (Wildman–Crippen MR) is 87.1 cm³/mol. The maximum absolute atomic E-state index is 12.1. The van der Waals surface area contributed by atoms with E-state index in [0.717, 1.165) is 18.7 Å². The van der Waals surface area contributed by atoms with E-state index in [2.05, 4.69) is 29.6 Å². The van der Waals surface area contributed by atoms with Crippen molar-refractivity contribution in [1.82, 2.24) is 10.2 Å². The lowest BCUT2D eigenvalue weighted by Crippen LogP contribution is -2.33. The molecule has 0 aliphatic heterocycles. The monoisotopic (exact) mass is 282 g/mol. The zero-order chi connectivity index (χ0) is 15.1. The predicted octanol–water partition coefficient (Wildman–Crippen LogP) is 2.57. The number of carbonyl (C=O) groups is 1. The average Bonchev–Trinajstić information content (AvgIpc) is 2.54. The Balaban J connectivity index is 1.98. The first-order chi connectivity index (χ1) is 10.2. The van der Waals surface area contributed by atoms with Crippen molar-refractivity contribution < 1.29 is 4.79 Å². The maximum atomic E-state index is 12.1. The molecule has 0 unspecified atom stereocenters. The average molecular weight is 282 g/mol. The molecule has 1 N–H and O–H groups in total. The molecular formula is C18H22N2O. The Kier molecular flexibility index (Phi) is 5.52. The second-order valence-electron chi connectivity index (χ2n) is 5.16. The van der Waals surface area contributed by atoms with Crippen LogP contribution < -0.4 is 5.32 Å². The van der Waals surface area contributed by atoms with Gasteiger partial charge in [-0.3, -0.25) is 4.79 Å². The SMILES string of the molecule is CNCCN(C)C(=O)Cc1ccc(-c2ccccc2)cc1. The summed E-state index contributed by atoms with van der Waals surface area (Å²) in [6, 6.07) is 18.5. The van der Waals surface area contributed by atoms with E-state index in [1.54, 1.807) is 4.90 Å². The molecule has 0 spiro atoms. The summed E-state index contributed by atoms with van der Waals surface area (Å²) in [6.45, 7) is 1.55. The zero-order valence-electron chi connectivity index (χ0n) is 12.7. The number of amides is 1. The fraction of sp³-hybridized carbons (Fsp3) is 0.278. The van der Waals surface area contributed by atoms with Crippen molar-refractivity contribution >= 4 is 5.91 Å². The highest BCUT2D eigenvalue weighted by Crippen LogP contribution is 2.19. The van der Waals surface area contributed by atoms with Crippen LogP contribution in [0.1, 0.15) is 5.56 Å². The summed E-state index contributed by atoms with van der Waals surface area (Å²) in [5.74, 6) is 0.151. The second-order valence-corrected chi connectivity index (χ2v) is 5.16. The lowest BCUT2D eigenvalue weighted by atomic mass is 10.0. The van der Waals surface area contributed by atoms with Gasteiger partial charge in [0.2, 0.25) is 5.91 Å². The summed E-state index contributed by atoms with van der Waals surface area (Å²) in [7, 11) is 3.73. The minimum Gasteiger partial charge on any atom is -0.344 e. The number of carbonyl (C=O) groups excluding carboxylic acids is 1. The largest absolute Gasteiger partial charge is 0.344 e. The van der Waals surface area contributed by atoms with E-state index in [4.69, 9.17) is 0 Å². The zero-order valence-corrected chi connectivity index (χ0v) is 12.7. The highest BCUT2D eigenvalue weighted by atomic mass is 16.2. The van der Waals surface area contributed by atoms with Gasteiger partial charge in [-0.05, 0) is 23.7 Å². The minimum atomic E-state index is 0.151. The van der Waals surface area contributed by atoms with Gasteiger partial charge in [0.15, 0.2) is 0 Å². The van der Waals surface area contributed by atoms with Gasteiger partial charge in [0.1, 0.15) is 0 Å². The van der Waals surface area contributed by atoms with Crippen LogP contribution in [0.2, 0.25) is 0 Å².